The summed E-state index contributed by atoms with van der Waals surface area (Å²) in [6.07, 6.45) is 7.64. The number of aromatic nitrogens is 2. The van der Waals surface area contributed by atoms with Gasteiger partial charge < -0.3 is 15.3 Å². The van der Waals surface area contributed by atoms with Crippen LogP contribution in [0.2, 0.25) is 0 Å². The minimum Gasteiger partial charge on any atom is -0.387 e. The number of carbonyl (C=O) groups is 1. The van der Waals surface area contributed by atoms with E-state index in [1.807, 2.05) is 24.3 Å². The lowest BCUT2D eigenvalue weighted by Gasteiger charge is -2.21. The molecule has 7 heteroatoms. The minimum atomic E-state index is -0.659. The highest BCUT2D eigenvalue weighted by Crippen LogP contribution is 2.27. The molecule has 0 bridgehead atoms. The van der Waals surface area contributed by atoms with Gasteiger partial charge >= 0.3 is 0 Å². The van der Waals surface area contributed by atoms with Gasteiger partial charge in [-0.1, -0.05) is 24.3 Å². The van der Waals surface area contributed by atoms with Gasteiger partial charge in [0.05, 0.1) is 11.8 Å². The molecular formula is C26H29FN4O2. The highest BCUT2D eigenvalue weighted by atomic mass is 19.1. The number of halogens is 1. The molecule has 1 aliphatic rings. The average Bonchev–Trinajstić information content (AvgIpc) is 3.31. The monoisotopic (exact) mass is 448 g/mol. The number of aliphatic hydroxyl groups is 1. The second-order valence-corrected chi connectivity index (χ2v) is 8.62. The van der Waals surface area contributed by atoms with Crippen LogP contribution in [-0.2, 0) is 12.8 Å². The molecule has 0 spiro atoms. The van der Waals surface area contributed by atoms with Gasteiger partial charge in [-0.2, -0.15) is 0 Å². The molecule has 3 aromatic rings. The van der Waals surface area contributed by atoms with Gasteiger partial charge in [0.2, 0.25) is 0 Å². The zero-order valence-corrected chi connectivity index (χ0v) is 18.7. The molecule has 1 aliphatic heterocycles. The van der Waals surface area contributed by atoms with Crippen molar-refractivity contribution in [3.05, 3.63) is 95.3 Å². The van der Waals surface area contributed by atoms with Crippen molar-refractivity contribution in [3.63, 3.8) is 0 Å². The normalized spacial score (nSPS) is 18.8. The van der Waals surface area contributed by atoms with Gasteiger partial charge in [-0.15, -0.1) is 0 Å². The average molecular weight is 449 g/mol. The van der Waals surface area contributed by atoms with E-state index in [9.17, 15) is 14.3 Å². The Balaban J connectivity index is 1.27. The number of hydrogen-bond donors (Lipinski definition) is 2. The van der Waals surface area contributed by atoms with E-state index in [2.05, 4.69) is 15.3 Å². The number of hydrogen-bond acceptors (Lipinski definition) is 5. The zero-order valence-electron chi connectivity index (χ0n) is 18.7. The third kappa shape index (κ3) is 6.00. The molecule has 0 radical (unpaired) electrons. The Morgan fingerprint density at radius 1 is 1.15 bits per heavy atom. The Kier molecular flexibility index (Phi) is 7.42. The van der Waals surface area contributed by atoms with Gasteiger partial charge in [0.1, 0.15) is 5.82 Å². The fourth-order valence-corrected chi connectivity index (χ4v) is 4.28. The fourth-order valence-electron chi connectivity index (χ4n) is 4.28. The Hall–Kier alpha value is -3.16. The lowest BCUT2D eigenvalue weighted by atomic mass is 10.0. The van der Waals surface area contributed by atoms with E-state index in [0.717, 1.165) is 36.1 Å². The first-order chi connectivity index (χ1) is 16.0. The molecule has 3 atom stereocenters. The zero-order chi connectivity index (χ0) is 23.2. The molecule has 0 aliphatic carbocycles. The molecular weight excluding hydrogens is 419 g/mol. The van der Waals surface area contributed by atoms with Crippen LogP contribution in [0, 0.1) is 5.82 Å². The molecule has 6 nitrogen and oxygen atoms in total. The van der Waals surface area contributed by atoms with E-state index in [-0.39, 0.29) is 23.8 Å². The van der Waals surface area contributed by atoms with Crippen molar-refractivity contribution >= 4 is 5.91 Å². The molecule has 0 saturated carbocycles. The molecule has 2 heterocycles. The van der Waals surface area contributed by atoms with Crippen LogP contribution < -0.4 is 5.32 Å². The number of rotatable bonds is 8. The summed E-state index contributed by atoms with van der Waals surface area (Å²) < 4.78 is 13.1. The summed E-state index contributed by atoms with van der Waals surface area (Å²) in [4.78, 5) is 22.7. The maximum absolute atomic E-state index is 13.1. The van der Waals surface area contributed by atoms with Crippen molar-refractivity contribution in [2.45, 2.75) is 43.9 Å². The summed E-state index contributed by atoms with van der Waals surface area (Å²) in [5.74, 6) is -0.325. The second kappa shape index (κ2) is 10.6. The van der Waals surface area contributed by atoms with E-state index >= 15 is 0 Å². The van der Waals surface area contributed by atoms with Crippen molar-refractivity contribution < 1.29 is 14.3 Å². The van der Waals surface area contributed by atoms with E-state index in [1.54, 1.807) is 42.7 Å². The first-order valence-corrected chi connectivity index (χ1v) is 11.3. The number of likely N-dealkylation sites (N-methyl/N-ethyl adjacent to an activating group) is 1. The highest BCUT2D eigenvalue weighted by Gasteiger charge is 2.30. The van der Waals surface area contributed by atoms with Crippen molar-refractivity contribution in [1.29, 1.82) is 0 Å². The minimum absolute atomic E-state index is 0.0214. The molecule has 1 fully saturated rings. The molecule has 1 amide bonds. The Morgan fingerprint density at radius 3 is 2.61 bits per heavy atom. The van der Waals surface area contributed by atoms with Gasteiger partial charge in [0.25, 0.3) is 5.91 Å². The van der Waals surface area contributed by atoms with Crippen LogP contribution >= 0.6 is 0 Å². The van der Waals surface area contributed by atoms with Crippen LogP contribution in [0.4, 0.5) is 4.39 Å². The predicted molar refractivity (Wildman–Crippen MR) is 124 cm³/mol. The molecule has 172 valence electrons. The molecule has 33 heavy (non-hydrogen) atoms. The molecule has 1 aromatic heterocycles. The van der Waals surface area contributed by atoms with Crippen LogP contribution in [0.1, 0.15) is 46.1 Å². The molecule has 4 rings (SSSR count). The largest absolute Gasteiger partial charge is 0.387 e. The van der Waals surface area contributed by atoms with Crippen LogP contribution in [0.15, 0.2) is 67.1 Å². The predicted octanol–water partition coefficient (Wildman–Crippen LogP) is 3.33. The van der Waals surface area contributed by atoms with E-state index in [0.29, 0.717) is 18.5 Å². The summed E-state index contributed by atoms with van der Waals surface area (Å²) in [6.45, 7) is 0.572. The van der Waals surface area contributed by atoms with Gasteiger partial charge in [0, 0.05) is 56.3 Å². The topological polar surface area (TPSA) is 78.4 Å². The number of benzene rings is 2. The number of carbonyl (C=O) groups excluding carboxylic acids is 1. The maximum atomic E-state index is 13.1. The van der Waals surface area contributed by atoms with Crippen molar-refractivity contribution in [2.24, 2.45) is 0 Å². The Morgan fingerprint density at radius 2 is 1.91 bits per heavy atom. The van der Waals surface area contributed by atoms with Crippen LogP contribution in [0.3, 0.4) is 0 Å². The Labute approximate surface area is 193 Å². The molecule has 1 saturated heterocycles. The first-order valence-electron chi connectivity index (χ1n) is 11.3. The van der Waals surface area contributed by atoms with Crippen molar-refractivity contribution in [2.75, 3.05) is 13.6 Å². The van der Waals surface area contributed by atoms with E-state index in [1.165, 1.54) is 12.1 Å². The van der Waals surface area contributed by atoms with Gasteiger partial charge in [0.15, 0.2) is 0 Å². The summed E-state index contributed by atoms with van der Waals surface area (Å²) in [5.41, 5.74) is 3.38. The SMILES string of the molecule is CN(CCc1cnccn1)C(=O)c1ccc(C[C@@H]2CC[C@H]([C@H](O)c3ccc(F)cc3)N2)cc1. The third-order valence-electron chi connectivity index (χ3n) is 6.22. The van der Waals surface area contributed by atoms with E-state index in [4.69, 9.17) is 0 Å². The van der Waals surface area contributed by atoms with Gasteiger partial charge in [-0.3, -0.25) is 14.8 Å². The maximum Gasteiger partial charge on any atom is 0.253 e. The molecule has 0 unspecified atom stereocenters. The first kappa shape index (κ1) is 23.0. The van der Waals surface area contributed by atoms with Crippen LogP contribution in [0.5, 0.6) is 0 Å². The van der Waals surface area contributed by atoms with Crippen LogP contribution in [-0.4, -0.2) is 51.6 Å². The summed E-state index contributed by atoms with van der Waals surface area (Å²) in [5, 5.41) is 14.1. The third-order valence-corrected chi connectivity index (χ3v) is 6.22. The van der Waals surface area contributed by atoms with Crippen LogP contribution in [0.25, 0.3) is 0 Å². The fraction of sp³-hybridized carbons (Fsp3) is 0.346. The number of nitrogens with zero attached hydrogens (tertiary/aromatic N) is 3. The summed E-state index contributed by atoms with van der Waals surface area (Å²) >= 11 is 0. The molecule has 2 aromatic carbocycles. The summed E-state index contributed by atoms with van der Waals surface area (Å²) in [6, 6.07) is 14.0. The molecule has 2 N–H and O–H groups in total. The number of aliphatic hydroxyl groups excluding tert-OH is 1. The van der Waals surface area contributed by atoms with E-state index < -0.39 is 6.10 Å². The van der Waals surface area contributed by atoms with Crippen molar-refractivity contribution in [3.8, 4) is 0 Å². The Bertz CT molecular complexity index is 1040. The number of amides is 1. The van der Waals surface area contributed by atoms with Crippen molar-refractivity contribution in [1.82, 2.24) is 20.2 Å². The van der Waals surface area contributed by atoms with Gasteiger partial charge in [-0.25, -0.2) is 4.39 Å². The number of nitrogens with one attached hydrogen (secondary N) is 1. The quantitative estimate of drug-likeness (QED) is 0.553. The van der Waals surface area contributed by atoms with Gasteiger partial charge in [-0.05, 0) is 54.7 Å². The highest BCUT2D eigenvalue weighted by molar-refractivity contribution is 5.94. The standard InChI is InChI=1S/C26H29FN4O2/c1-31(15-12-23-17-28-13-14-29-23)26(33)20-4-2-18(3-5-20)16-22-10-11-24(30-22)25(32)19-6-8-21(27)9-7-19/h2-9,13-14,17,22,24-25,30,32H,10-12,15-16H2,1H3/t22-,24+,25+/m0/s1. The summed E-state index contributed by atoms with van der Waals surface area (Å²) in [7, 11) is 1.79. The lowest BCUT2D eigenvalue weighted by molar-refractivity contribution is 0.0796. The second-order valence-electron chi connectivity index (χ2n) is 8.62. The lowest BCUT2D eigenvalue weighted by Crippen LogP contribution is -2.35. The smallest absolute Gasteiger partial charge is 0.253 e.